The van der Waals surface area contributed by atoms with Crippen LogP contribution in [0.2, 0.25) is 0 Å². The molecule has 0 saturated carbocycles. The topological polar surface area (TPSA) is 66.5 Å². The van der Waals surface area contributed by atoms with Crippen molar-refractivity contribution in [3.8, 4) is 0 Å². The normalized spacial score (nSPS) is 16.5. The Morgan fingerprint density at radius 2 is 2.12 bits per heavy atom. The summed E-state index contributed by atoms with van der Waals surface area (Å²) < 4.78 is 0. The molecule has 0 heterocycles. The van der Waals surface area contributed by atoms with Gasteiger partial charge in [0.05, 0.1) is 11.7 Å². The zero-order valence-electron chi connectivity index (χ0n) is 10.7. The largest absolute Gasteiger partial charge is 0.388 e. The molecule has 17 heavy (non-hydrogen) atoms. The molecule has 0 bridgehead atoms. The number of hydrogen-bond acceptors (Lipinski definition) is 3. The molecule has 0 aliphatic carbocycles. The van der Waals surface area contributed by atoms with Crippen LogP contribution in [0.4, 0.5) is 0 Å². The van der Waals surface area contributed by atoms with Crippen molar-refractivity contribution >= 4 is 0 Å². The van der Waals surface area contributed by atoms with Crippen molar-refractivity contribution in [1.82, 2.24) is 0 Å². The van der Waals surface area contributed by atoms with E-state index < -0.39 is 11.7 Å². The Labute approximate surface area is 103 Å². The Kier molecular flexibility index (Phi) is 5.12. The summed E-state index contributed by atoms with van der Waals surface area (Å²) in [7, 11) is 0. The molecular weight excluding hydrogens is 214 g/mol. The number of aliphatic hydroxyl groups excluding tert-OH is 1. The predicted molar refractivity (Wildman–Crippen MR) is 69.6 cm³/mol. The first-order valence-corrected chi connectivity index (χ1v) is 6.22. The zero-order chi connectivity index (χ0) is 12.9. The summed E-state index contributed by atoms with van der Waals surface area (Å²) in [6, 6.07) is 7.50. The average Bonchev–Trinajstić information content (AvgIpc) is 2.29. The fourth-order valence-corrected chi connectivity index (χ4v) is 2.04. The van der Waals surface area contributed by atoms with Crippen molar-refractivity contribution in [2.24, 2.45) is 5.73 Å². The minimum atomic E-state index is -0.826. The Morgan fingerprint density at radius 1 is 1.41 bits per heavy atom. The summed E-state index contributed by atoms with van der Waals surface area (Å²) in [5.74, 6) is 0. The van der Waals surface area contributed by atoms with Crippen molar-refractivity contribution in [2.45, 2.75) is 44.8 Å². The van der Waals surface area contributed by atoms with Crippen molar-refractivity contribution in [3.05, 3.63) is 35.4 Å². The van der Waals surface area contributed by atoms with Crippen LogP contribution in [0.15, 0.2) is 24.3 Å². The number of rotatable bonds is 6. The summed E-state index contributed by atoms with van der Waals surface area (Å²) >= 11 is 0. The van der Waals surface area contributed by atoms with Gasteiger partial charge in [0.15, 0.2) is 0 Å². The molecule has 0 fully saturated rings. The van der Waals surface area contributed by atoms with Gasteiger partial charge in [-0.15, -0.1) is 0 Å². The molecule has 0 radical (unpaired) electrons. The van der Waals surface area contributed by atoms with Crippen LogP contribution in [0.25, 0.3) is 0 Å². The Balaban J connectivity index is 2.92. The Morgan fingerprint density at radius 3 is 2.71 bits per heavy atom. The molecule has 96 valence electrons. The summed E-state index contributed by atoms with van der Waals surface area (Å²) in [6.07, 6.45) is 1.63. The first-order valence-electron chi connectivity index (χ1n) is 6.22. The van der Waals surface area contributed by atoms with Crippen LogP contribution >= 0.6 is 0 Å². The second-order valence-corrected chi connectivity index (χ2v) is 4.74. The molecule has 4 N–H and O–H groups in total. The minimum absolute atomic E-state index is 0.455. The first kappa shape index (κ1) is 14.2. The third-order valence-corrected chi connectivity index (χ3v) is 3.07. The fraction of sp³-hybridized carbons (Fsp3) is 0.571. The van der Waals surface area contributed by atoms with Crippen molar-refractivity contribution in [1.29, 1.82) is 0 Å². The average molecular weight is 237 g/mol. The van der Waals surface area contributed by atoms with Gasteiger partial charge in [-0.3, -0.25) is 0 Å². The van der Waals surface area contributed by atoms with Crippen molar-refractivity contribution < 1.29 is 10.2 Å². The molecule has 1 rings (SSSR count). The van der Waals surface area contributed by atoms with Gasteiger partial charge in [-0.1, -0.05) is 37.6 Å². The molecule has 0 amide bonds. The smallest absolute Gasteiger partial charge is 0.0868 e. The summed E-state index contributed by atoms with van der Waals surface area (Å²) in [6.45, 7) is 4.31. The minimum Gasteiger partial charge on any atom is -0.388 e. The van der Waals surface area contributed by atoms with Crippen LogP contribution in [0.5, 0.6) is 0 Å². The predicted octanol–water partition coefficient (Wildman–Crippen LogP) is 2.08. The quantitative estimate of drug-likeness (QED) is 0.709. The third-order valence-electron chi connectivity index (χ3n) is 3.07. The zero-order valence-corrected chi connectivity index (χ0v) is 10.7. The van der Waals surface area contributed by atoms with E-state index in [0.717, 1.165) is 17.5 Å². The van der Waals surface area contributed by atoms with Gasteiger partial charge in [-0.25, -0.2) is 0 Å². The Hall–Kier alpha value is -0.900. The van der Waals surface area contributed by atoms with Gasteiger partial charge >= 0.3 is 0 Å². The molecule has 0 aromatic heterocycles. The molecule has 0 aliphatic rings. The van der Waals surface area contributed by atoms with Crippen LogP contribution in [0.3, 0.4) is 0 Å². The summed E-state index contributed by atoms with van der Waals surface area (Å²) in [5.41, 5.74) is 6.28. The summed E-state index contributed by atoms with van der Waals surface area (Å²) in [5, 5.41) is 20.2. The molecule has 3 nitrogen and oxygen atoms in total. The molecular formula is C14H23NO2. The van der Waals surface area contributed by atoms with Gasteiger partial charge in [0, 0.05) is 0 Å². The van der Waals surface area contributed by atoms with Crippen molar-refractivity contribution in [2.75, 3.05) is 6.54 Å². The van der Waals surface area contributed by atoms with Gasteiger partial charge in [0.2, 0.25) is 0 Å². The van der Waals surface area contributed by atoms with Crippen LogP contribution in [0.1, 0.15) is 50.3 Å². The standard InChI is InChI=1S/C14H23NO2/c1-3-8-14(2,17)12-6-4-5-11(10-12)13(16)7-9-15/h4-6,10,13,16-17H,3,7-9,15H2,1-2H3. The van der Waals surface area contributed by atoms with E-state index in [-0.39, 0.29) is 0 Å². The lowest BCUT2D eigenvalue weighted by Gasteiger charge is -2.24. The Bertz CT molecular complexity index is 350. The van der Waals surface area contributed by atoms with E-state index in [1.165, 1.54) is 0 Å². The van der Waals surface area contributed by atoms with Gasteiger partial charge in [0.25, 0.3) is 0 Å². The lowest BCUT2D eigenvalue weighted by molar-refractivity contribution is 0.0466. The molecule has 0 spiro atoms. The molecule has 2 atom stereocenters. The molecule has 1 aromatic rings. The van der Waals surface area contributed by atoms with E-state index >= 15 is 0 Å². The second-order valence-electron chi connectivity index (χ2n) is 4.74. The van der Waals surface area contributed by atoms with E-state index in [4.69, 9.17) is 5.73 Å². The number of benzene rings is 1. The lowest BCUT2D eigenvalue weighted by atomic mass is 9.89. The van der Waals surface area contributed by atoms with Crippen LogP contribution in [-0.2, 0) is 5.60 Å². The van der Waals surface area contributed by atoms with Crippen LogP contribution < -0.4 is 5.73 Å². The highest BCUT2D eigenvalue weighted by molar-refractivity contribution is 5.29. The van der Waals surface area contributed by atoms with E-state index in [0.29, 0.717) is 19.4 Å². The maximum Gasteiger partial charge on any atom is 0.0868 e. The van der Waals surface area contributed by atoms with Crippen LogP contribution in [0, 0.1) is 0 Å². The maximum atomic E-state index is 10.3. The maximum absolute atomic E-state index is 10.3. The fourth-order valence-electron chi connectivity index (χ4n) is 2.04. The van der Waals surface area contributed by atoms with E-state index in [9.17, 15) is 10.2 Å². The van der Waals surface area contributed by atoms with Crippen molar-refractivity contribution in [3.63, 3.8) is 0 Å². The molecule has 0 saturated heterocycles. The third kappa shape index (κ3) is 3.80. The van der Waals surface area contributed by atoms with Gasteiger partial charge in [-0.2, -0.15) is 0 Å². The SMILES string of the molecule is CCCC(C)(O)c1cccc(C(O)CCN)c1. The molecule has 0 aliphatic heterocycles. The van der Waals surface area contributed by atoms with E-state index in [2.05, 4.69) is 0 Å². The van der Waals surface area contributed by atoms with E-state index in [1.54, 1.807) is 0 Å². The number of aliphatic hydroxyl groups is 2. The first-order chi connectivity index (χ1) is 8.01. The second kappa shape index (κ2) is 6.15. The van der Waals surface area contributed by atoms with Gasteiger partial charge < -0.3 is 15.9 Å². The molecule has 3 heteroatoms. The monoisotopic (exact) mass is 237 g/mol. The van der Waals surface area contributed by atoms with Gasteiger partial charge in [0.1, 0.15) is 0 Å². The number of hydrogen-bond donors (Lipinski definition) is 3. The highest BCUT2D eigenvalue weighted by atomic mass is 16.3. The van der Waals surface area contributed by atoms with Gasteiger partial charge in [-0.05, 0) is 37.4 Å². The highest BCUT2D eigenvalue weighted by Crippen LogP contribution is 2.28. The lowest BCUT2D eigenvalue weighted by Crippen LogP contribution is -2.21. The van der Waals surface area contributed by atoms with Crippen LogP contribution in [-0.4, -0.2) is 16.8 Å². The summed E-state index contributed by atoms with van der Waals surface area (Å²) in [4.78, 5) is 0. The molecule has 1 aromatic carbocycles. The highest BCUT2D eigenvalue weighted by Gasteiger charge is 2.22. The number of nitrogens with two attached hydrogens (primary N) is 1. The van der Waals surface area contributed by atoms with E-state index in [1.807, 2.05) is 38.1 Å². The molecule has 2 unspecified atom stereocenters.